The highest BCUT2D eigenvalue weighted by Crippen LogP contribution is 1.96. The standard InChI is InChI=1S/C10H21NO/c1-5-6-8-12-9-7-11-10(2,3)4/h5,11H,1,6-9H2,2-4H3. The lowest BCUT2D eigenvalue weighted by Gasteiger charge is -2.20. The average molecular weight is 171 g/mol. The maximum absolute atomic E-state index is 5.34. The molecule has 0 aromatic carbocycles. The quantitative estimate of drug-likeness (QED) is 0.487. The van der Waals surface area contributed by atoms with Crippen molar-refractivity contribution in [1.29, 1.82) is 0 Å². The number of ether oxygens (including phenoxy) is 1. The Morgan fingerprint density at radius 2 is 2.00 bits per heavy atom. The fraction of sp³-hybridized carbons (Fsp3) is 0.800. The molecule has 0 amide bonds. The van der Waals surface area contributed by atoms with E-state index in [0.29, 0.717) is 0 Å². The second kappa shape index (κ2) is 6.21. The highest BCUT2D eigenvalue weighted by Gasteiger charge is 2.06. The van der Waals surface area contributed by atoms with Crippen LogP contribution in [0, 0.1) is 0 Å². The highest BCUT2D eigenvalue weighted by atomic mass is 16.5. The van der Waals surface area contributed by atoms with Crippen LogP contribution in [0.25, 0.3) is 0 Å². The van der Waals surface area contributed by atoms with E-state index in [2.05, 4.69) is 32.7 Å². The van der Waals surface area contributed by atoms with E-state index in [1.165, 1.54) is 0 Å². The first-order valence-corrected chi connectivity index (χ1v) is 4.50. The van der Waals surface area contributed by atoms with Gasteiger partial charge in [-0.15, -0.1) is 6.58 Å². The van der Waals surface area contributed by atoms with Crippen LogP contribution in [0.2, 0.25) is 0 Å². The Hall–Kier alpha value is -0.340. The Kier molecular flexibility index (Phi) is 6.03. The molecular weight excluding hydrogens is 150 g/mol. The Morgan fingerprint density at radius 1 is 1.33 bits per heavy atom. The normalized spacial score (nSPS) is 11.6. The van der Waals surface area contributed by atoms with Crippen LogP contribution in [0.4, 0.5) is 0 Å². The summed E-state index contributed by atoms with van der Waals surface area (Å²) in [7, 11) is 0. The molecule has 0 unspecified atom stereocenters. The zero-order valence-corrected chi connectivity index (χ0v) is 8.52. The Labute approximate surface area is 76.0 Å². The molecule has 0 rings (SSSR count). The van der Waals surface area contributed by atoms with Gasteiger partial charge in [0, 0.05) is 12.1 Å². The van der Waals surface area contributed by atoms with Crippen molar-refractivity contribution in [2.75, 3.05) is 19.8 Å². The van der Waals surface area contributed by atoms with Gasteiger partial charge in [0.1, 0.15) is 0 Å². The van der Waals surface area contributed by atoms with E-state index < -0.39 is 0 Å². The van der Waals surface area contributed by atoms with Gasteiger partial charge in [0.2, 0.25) is 0 Å². The van der Waals surface area contributed by atoms with Gasteiger partial charge in [0.05, 0.1) is 13.2 Å². The molecule has 0 saturated carbocycles. The third-order valence-electron chi connectivity index (χ3n) is 1.37. The summed E-state index contributed by atoms with van der Waals surface area (Å²) < 4.78 is 5.34. The second-order valence-corrected chi connectivity index (χ2v) is 3.87. The molecule has 0 aliphatic carbocycles. The SMILES string of the molecule is C=CCCOCCNC(C)(C)C. The number of hydrogen-bond donors (Lipinski definition) is 1. The third-order valence-corrected chi connectivity index (χ3v) is 1.37. The molecule has 0 aliphatic rings. The van der Waals surface area contributed by atoms with E-state index in [4.69, 9.17) is 4.74 Å². The molecule has 1 N–H and O–H groups in total. The van der Waals surface area contributed by atoms with Crippen molar-refractivity contribution < 1.29 is 4.74 Å². The van der Waals surface area contributed by atoms with Crippen LogP contribution in [0.3, 0.4) is 0 Å². The minimum absolute atomic E-state index is 0.196. The summed E-state index contributed by atoms with van der Waals surface area (Å²) in [6.45, 7) is 12.6. The summed E-state index contributed by atoms with van der Waals surface area (Å²) in [5.74, 6) is 0. The molecule has 0 aromatic rings. The summed E-state index contributed by atoms with van der Waals surface area (Å²) in [6.07, 6.45) is 2.81. The fourth-order valence-corrected chi connectivity index (χ4v) is 0.767. The van der Waals surface area contributed by atoms with E-state index >= 15 is 0 Å². The number of nitrogens with one attached hydrogen (secondary N) is 1. The molecule has 0 heterocycles. The van der Waals surface area contributed by atoms with Gasteiger partial charge in [-0.05, 0) is 27.2 Å². The lowest BCUT2D eigenvalue weighted by Crippen LogP contribution is -2.38. The third kappa shape index (κ3) is 9.66. The van der Waals surface area contributed by atoms with Crippen LogP contribution in [0.15, 0.2) is 12.7 Å². The largest absolute Gasteiger partial charge is 0.380 e. The van der Waals surface area contributed by atoms with Crippen LogP contribution in [0.5, 0.6) is 0 Å². The van der Waals surface area contributed by atoms with Gasteiger partial charge < -0.3 is 10.1 Å². The molecular formula is C10H21NO. The molecule has 12 heavy (non-hydrogen) atoms. The second-order valence-electron chi connectivity index (χ2n) is 3.87. The van der Waals surface area contributed by atoms with E-state index in [0.717, 1.165) is 26.2 Å². The fourth-order valence-electron chi connectivity index (χ4n) is 0.767. The molecule has 0 spiro atoms. The summed E-state index contributed by atoms with van der Waals surface area (Å²) in [4.78, 5) is 0. The van der Waals surface area contributed by atoms with Crippen molar-refractivity contribution in [2.24, 2.45) is 0 Å². The van der Waals surface area contributed by atoms with Gasteiger partial charge in [0.25, 0.3) is 0 Å². The van der Waals surface area contributed by atoms with Crippen molar-refractivity contribution in [3.8, 4) is 0 Å². The van der Waals surface area contributed by atoms with Gasteiger partial charge in [-0.2, -0.15) is 0 Å². The van der Waals surface area contributed by atoms with E-state index in [1.54, 1.807) is 0 Å². The molecule has 2 nitrogen and oxygen atoms in total. The van der Waals surface area contributed by atoms with Crippen LogP contribution < -0.4 is 5.32 Å². The molecule has 0 aromatic heterocycles. The van der Waals surface area contributed by atoms with Gasteiger partial charge in [-0.25, -0.2) is 0 Å². The van der Waals surface area contributed by atoms with Crippen molar-refractivity contribution >= 4 is 0 Å². The molecule has 0 bridgehead atoms. The number of rotatable bonds is 6. The molecule has 0 fully saturated rings. The zero-order chi connectivity index (χ0) is 9.45. The smallest absolute Gasteiger partial charge is 0.0591 e. The summed E-state index contributed by atoms with van der Waals surface area (Å²) in [6, 6.07) is 0. The lowest BCUT2D eigenvalue weighted by molar-refractivity contribution is 0.135. The summed E-state index contributed by atoms with van der Waals surface area (Å²) in [5.41, 5.74) is 0.196. The summed E-state index contributed by atoms with van der Waals surface area (Å²) >= 11 is 0. The van der Waals surface area contributed by atoms with Gasteiger partial charge >= 0.3 is 0 Å². The highest BCUT2D eigenvalue weighted by molar-refractivity contribution is 4.69. The number of hydrogen-bond acceptors (Lipinski definition) is 2. The van der Waals surface area contributed by atoms with E-state index in [-0.39, 0.29) is 5.54 Å². The molecule has 72 valence electrons. The van der Waals surface area contributed by atoms with Crippen LogP contribution >= 0.6 is 0 Å². The maximum atomic E-state index is 5.34. The van der Waals surface area contributed by atoms with Crippen LogP contribution in [0.1, 0.15) is 27.2 Å². The molecule has 2 heteroatoms. The predicted octanol–water partition coefficient (Wildman–Crippen LogP) is 1.97. The van der Waals surface area contributed by atoms with Gasteiger partial charge in [0.15, 0.2) is 0 Å². The average Bonchev–Trinajstić information content (AvgIpc) is 1.94. The first kappa shape index (κ1) is 11.7. The Balaban J connectivity index is 3.06. The monoisotopic (exact) mass is 171 g/mol. The zero-order valence-electron chi connectivity index (χ0n) is 8.52. The van der Waals surface area contributed by atoms with Crippen LogP contribution in [-0.4, -0.2) is 25.3 Å². The van der Waals surface area contributed by atoms with Crippen LogP contribution in [-0.2, 0) is 4.74 Å². The Bertz CT molecular complexity index is 115. The van der Waals surface area contributed by atoms with Gasteiger partial charge in [-0.1, -0.05) is 6.08 Å². The maximum Gasteiger partial charge on any atom is 0.0591 e. The van der Waals surface area contributed by atoms with Crippen molar-refractivity contribution in [3.63, 3.8) is 0 Å². The van der Waals surface area contributed by atoms with E-state index in [1.807, 2.05) is 6.08 Å². The topological polar surface area (TPSA) is 21.3 Å². The Morgan fingerprint density at radius 3 is 2.50 bits per heavy atom. The van der Waals surface area contributed by atoms with Crippen molar-refractivity contribution in [3.05, 3.63) is 12.7 Å². The van der Waals surface area contributed by atoms with Crippen molar-refractivity contribution in [1.82, 2.24) is 5.32 Å². The minimum atomic E-state index is 0.196. The molecule has 0 aliphatic heterocycles. The minimum Gasteiger partial charge on any atom is -0.380 e. The first-order chi connectivity index (χ1) is 5.56. The first-order valence-electron chi connectivity index (χ1n) is 4.50. The molecule has 0 radical (unpaired) electrons. The van der Waals surface area contributed by atoms with Crippen molar-refractivity contribution in [2.45, 2.75) is 32.7 Å². The van der Waals surface area contributed by atoms with Gasteiger partial charge in [-0.3, -0.25) is 0 Å². The predicted molar refractivity (Wildman–Crippen MR) is 53.4 cm³/mol. The lowest BCUT2D eigenvalue weighted by atomic mass is 10.1. The van der Waals surface area contributed by atoms with E-state index in [9.17, 15) is 0 Å². The molecule has 0 atom stereocenters. The summed E-state index contributed by atoms with van der Waals surface area (Å²) in [5, 5.41) is 3.35. The molecule has 0 saturated heterocycles.